The number of aromatic nitrogens is 2. The Balaban J connectivity index is 2.27. The third kappa shape index (κ3) is 3.26. The zero-order valence-electron chi connectivity index (χ0n) is 12.1. The molecule has 0 saturated carbocycles. The van der Waals surface area contributed by atoms with Gasteiger partial charge in [0.2, 0.25) is 0 Å². The average molecular weight is 274 g/mol. The van der Waals surface area contributed by atoms with Gasteiger partial charge in [-0.05, 0) is 25.0 Å². The van der Waals surface area contributed by atoms with Gasteiger partial charge in [-0.15, -0.1) is 0 Å². The lowest BCUT2D eigenvalue weighted by atomic mass is 10.0. The van der Waals surface area contributed by atoms with Gasteiger partial charge in [-0.1, -0.05) is 37.3 Å². The lowest BCUT2D eigenvalue weighted by molar-refractivity contribution is -0.0398. The van der Waals surface area contributed by atoms with Crippen LogP contribution in [0.1, 0.15) is 43.7 Å². The van der Waals surface area contributed by atoms with E-state index in [4.69, 9.17) is 4.74 Å². The summed E-state index contributed by atoms with van der Waals surface area (Å²) in [6, 6.07) is 11.7. The zero-order chi connectivity index (χ0) is 14.4. The van der Waals surface area contributed by atoms with E-state index in [1.54, 1.807) is 6.20 Å². The van der Waals surface area contributed by atoms with Crippen LogP contribution < -0.4 is 0 Å². The highest BCUT2D eigenvalue weighted by molar-refractivity contribution is 5.21. The van der Waals surface area contributed by atoms with E-state index in [0.717, 1.165) is 24.2 Å². The third-order valence-electron chi connectivity index (χ3n) is 3.25. The maximum atomic E-state index is 10.7. The van der Waals surface area contributed by atoms with Gasteiger partial charge >= 0.3 is 0 Å². The van der Waals surface area contributed by atoms with E-state index in [1.165, 1.54) is 0 Å². The van der Waals surface area contributed by atoms with Crippen LogP contribution in [-0.4, -0.2) is 21.5 Å². The summed E-state index contributed by atoms with van der Waals surface area (Å²) < 4.78 is 7.60. The smallest absolute Gasteiger partial charge is 0.126 e. The molecule has 2 unspecified atom stereocenters. The van der Waals surface area contributed by atoms with E-state index < -0.39 is 6.10 Å². The predicted molar refractivity (Wildman–Crippen MR) is 78.3 cm³/mol. The van der Waals surface area contributed by atoms with E-state index in [-0.39, 0.29) is 6.10 Å². The summed E-state index contributed by atoms with van der Waals surface area (Å²) in [5.74, 6) is 0. The molecule has 1 heterocycles. The summed E-state index contributed by atoms with van der Waals surface area (Å²) in [5, 5.41) is 14.9. The summed E-state index contributed by atoms with van der Waals surface area (Å²) in [4.78, 5) is 0. The number of nitrogens with zero attached hydrogens (tertiary/aromatic N) is 2. The van der Waals surface area contributed by atoms with Gasteiger partial charge < -0.3 is 9.84 Å². The van der Waals surface area contributed by atoms with Crippen molar-refractivity contribution in [1.82, 2.24) is 9.78 Å². The quantitative estimate of drug-likeness (QED) is 0.844. The molecule has 1 aromatic heterocycles. The minimum absolute atomic E-state index is 0.367. The van der Waals surface area contributed by atoms with Crippen LogP contribution in [0.5, 0.6) is 0 Å². The molecule has 0 aliphatic rings. The van der Waals surface area contributed by atoms with Crippen molar-refractivity contribution in [2.45, 2.75) is 39.0 Å². The van der Waals surface area contributed by atoms with Gasteiger partial charge in [-0.2, -0.15) is 5.10 Å². The average Bonchev–Trinajstić information content (AvgIpc) is 2.94. The monoisotopic (exact) mass is 274 g/mol. The van der Waals surface area contributed by atoms with Crippen LogP contribution in [0.4, 0.5) is 0 Å². The van der Waals surface area contributed by atoms with E-state index >= 15 is 0 Å². The van der Waals surface area contributed by atoms with Gasteiger partial charge in [0.1, 0.15) is 12.2 Å². The Kier molecular flexibility index (Phi) is 5.32. The Morgan fingerprint density at radius 3 is 2.60 bits per heavy atom. The largest absolute Gasteiger partial charge is 0.384 e. The molecule has 2 aromatic rings. The van der Waals surface area contributed by atoms with Crippen LogP contribution in [-0.2, 0) is 11.3 Å². The van der Waals surface area contributed by atoms with Crippen molar-refractivity contribution >= 4 is 0 Å². The van der Waals surface area contributed by atoms with Crippen LogP contribution in [0.2, 0.25) is 0 Å². The van der Waals surface area contributed by atoms with Crippen LogP contribution >= 0.6 is 0 Å². The Morgan fingerprint density at radius 2 is 1.95 bits per heavy atom. The van der Waals surface area contributed by atoms with E-state index in [2.05, 4.69) is 12.0 Å². The molecule has 4 heteroatoms. The summed E-state index contributed by atoms with van der Waals surface area (Å²) in [5.41, 5.74) is 1.78. The molecule has 0 saturated heterocycles. The molecule has 0 spiro atoms. The lowest BCUT2D eigenvalue weighted by Crippen LogP contribution is -2.18. The van der Waals surface area contributed by atoms with Crippen molar-refractivity contribution in [3.8, 4) is 0 Å². The maximum absolute atomic E-state index is 10.7. The summed E-state index contributed by atoms with van der Waals surface area (Å²) in [6.45, 7) is 5.38. The SMILES string of the molecule is CCCn1nccc1C(O)C(OCC)c1ccccc1. The molecule has 0 amide bonds. The maximum Gasteiger partial charge on any atom is 0.126 e. The van der Waals surface area contributed by atoms with Crippen molar-refractivity contribution in [1.29, 1.82) is 0 Å². The highest BCUT2D eigenvalue weighted by Crippen LogP contribution is 2.31. The second kappa shape index (κ2) is 7.22. The number of benzene rings is 1. The van der Waals surface area contributed by atoms with E-state index in [0.29, 0.717) is 6.61 Å². The normalized spacial score (nSPS) is 14.2. The first kappa shape index (κ1) is 14.8. The molecule has 1 aromatic carbocycles. The van der Waals surface area contributed by atoms with Gasteiger partial charge in [-0.25, -0.2) is 0 Å². The Labute approximate surface area is 120 Å². The molecule has 0 aliphatic heterocycles. The topological polar surface area (TPSA) is 47.3 Å². The Bertz CT molecular complexity index is 510. The van der Waals surface area contributed by atoms with Crippen LogP contribution in [0, 0.1) is 0 Å². The van der Waals surface area contributed by atoms with Gasteiger partial charge in [0.05, 0.1) is 5.69 Å². The predicted octanol–water partition coefficient (Wildman–Crippen LogP) is 3.10. The minimum Gasteiger partial charge on any atom is -0.384 e. The molecule has 0 aliphatic carbocycles. The van der Waals surface area contributed by atoms with E-state index in [9.17, 15) is 5.11 Å². The fourth-order valence-electron chi connectivity index (χ4n) is 2.34. The highest BCUT2D eigenvalue weighted by Gasteiger charge is 2.25. The lowest BCUT2D eigenvalue weighted by Gasteiger charge is -2.24. The van der Waals surface area contributed by atoms with Gasteiger partial charge in [0, 0.05) is 19.3 Å². The standard InChI is InChI=1S/C16H22N2O2/c1-3-12-18-14(10-11-17-18)15(19)16(20-4-2)13-8-6-5-7-9-13/h5-11,15-16,19H,3-4,12H2,1-2H3. The summed E-state index contributed by atoms with van der Waals surface area (Å²) in [7, 11) is 0. The molecule has 0 radical (unpaired) electrons. The number of aryl methyl sites for hydroxylation is 1. The molecule has 0 fully saturated rings. The number of hydrogen-bond donors (Lipinski definition) is 1. The zero-order valence-corrected chi connectivity index (χ0v) is 12.1. The minimum atomic E-state index is -0.716. The number of hydrogen-bond acceptors (Lipinski definition) is 3. The fourth-order valence-corrected chi connectivity index (χ4v) is 2.34. The highest BCUT2D eigenvalue weighted by atomic mass is 16.5. The molecular weight excluding hydrogens is 252 g/mol. The summed E-state index contributed by atoms with van der Waals surface area (Å²) in [6.07, 6.45) is 1.62. The number of ether oxygens (including phenoxy) is 1. The molecule has 0 bridgehead atoms. The van der Waals surface area contributed by atoms with Crippen LogP contribution in [0.15, 0.2) is 42.6 Å². The van der Waals surface area contributed by atoms with Crippen molar-refractivity contribution in [3.63, 3.8) is 0 Å². The first-order valence-electron chi connectivity index (χ1n) is 7.14. The second-order valence-corrected chi connectivity index (χ2v) is 4.71. The fraction of sp³-hybridized carbons (Fsp3) is 0.438. The number of aliphatic hydroxyl groups is 1. The van der Waals surface area contributed by atoms with Crippen molar-refractivity contribution in [2.75, 3.05) is 6.61 Å². The molecule has 108 valence electrons. The van der Waals surface area contributed by atoms with Crippen molar-refractivity contribution in [3.05, 3.63) is 53.9 Å². The molecule has 2 rings (SSSR count). The second-order valence-electron chi connectivity index (χ2n) is 4.71. The van der Waals surface area contributed by atoms with Gasteiger partial charge in [0.15, 0.2) is 0 Å². The molecule has 20 heavy (non-hydrogen) atoms. The van der Waals surface area contributed by atoms with E-state index in [1.807, 2.05) is 48.0 Å². The Morgan fingerprint density at radius 1 is 1.20 bits per heavy atom. The molecule has 4 nitrogen and oxygen atoms in total. The van der Waals surface area contributed by atoms with Gasteiger partial charge in [0.25, 0.3) is 0 Å². The van der Waals surface area contributed by atoms with Crippen LogP contribution in [0.25, 0.3) is 0 Å². The first-order chi connectivity index (χ1) is 9.77. The van der Waals surface area contributed by atoms with Crippen molar-refractivity contribution in [2.24, 2.45) is 0 Å². The van der Waals surface area contributed by atoms with Gasteiger partial charge in [-0.3, -0.25) is 4.68 Å². The van der Waals surface area contributed by atoms with Crippen LogP contribution in [0.3, 0.4) is 0 Å². The number of rotatable bonds is 7. The van der Waals surface area contributed by atoms with Crippen molar-refractivity contribution < 1.29 is 9.84 Å². The third-order valence-corrected chi connectivity index (χ3v) is 3.25. The number of aliphatic hydroxyl groups excluding tert-OH is 1. The Hall–Kier alpha value is -1.65. The molecular formula is C16H22N2O2. The summed E-state index contributed by atoms with van der Waals surface area (Å²) >= 11 is 0. The molecule has 2 atom stereocenters. The molecule has 1 N–H and O–H groups in total. The first-order valence-corrected chi connectivity index (χ1v) is 7.14.